The van der Waals surface area contributed by atoms with Crippen LogP contribution in [0.5, 0.6) is 0 Å². The van der Waals surface area contributed by atoms with E-state index in [1.807, 2.05) is 0 Å². The highest BCUT2D eigenvalue weighted by Gasteiger charge is 2.28. The molecule has 1 heterocycles. The Labute approximate surface area is 158 Å². The number of rotatable bonds is 7. The third-order valence-corrected chi connectivity index (χ3v) is 4.75. The molecule has 0 saturated carbocycles. The van der Waals surface area contributed by atoms with Crippen LogP contribution >= 0.6 is 0 Å². The lowest BCUT2D eigenvalue weighted by atomic mass is 10.0. The number of hydrogen-bond donors (Lipinski definition) is 2. The Morgan fingerprint density at radius 1 is 1.23 bits per heavy atom. The minimum Gasteiger partial charge on any atom is -0.379 e. The molecule has 1 aromatic carbocycles. The van der Waals surface area contributed by atoms with E-state index in [9.17, 15) is 0 Å². The summed E-state index contributed by atoms with van der Waals surface area (Å²) in [5.41, 5.74) is 2.47. The second-order valence-electron chi connectivity index (χ2n) is 7.52. The minimum atomic E-state index is 0.0603. The van der Waals surface area contributed by atoms with Crippen LogP contribution in [-0.2, 0) is 11.3 Å². The molecule has 1 aromatic rings. The monoisotopic (exact) mass is 361 g/mol. The van der Waals surface area contributed by atoms with Gasteiger partial charge in [0.05, 0.1) is 19.8 Å². The van der Waals surface area contributed by atoms with Gasteiger partial charge in [-0.05, 0) is 38.5 Å². The van der Waals surface area contributed by atoms with Gasteiger partial charge in [-0.2, -0.15) is 0 Å². The quantitative estimate of drug-likeness (QED) is 0.574. The molecule has 6 heteroatoms. The van der Waals surface area contributed by atoms with E-state index in [1.165, 1.54) is 11.3 Å². The topological polar surface area (TPSA) is 52.1 Å². The van der Waals surface area contributed by atoms with E-state index in [2.05, 4.69) is 79.6 Å². The van der Waals surface area contributed by atoms with Crippen molar-refractivity contribution in [2.24, 2.45) is 4.99 Å². The van der Waals surface area contributed by atoms with Gasteiger partial charge in [-0.15, -0.1) is 0 Å². The summed E-state index contributed by atoms with van der Waals surface area (Å²) in [5.74, 6) is 0.865. The van der Waals surface area contributed by atoms with Crippen molar-refractivity contribution in [3.8, 4) is 0 Å². The van der Waals surface area contributed by atoms with Gasteiger partial charge in [0.25, 0.3) is 0 Å². The zero-order valence-corrected chi connectivity index (χ0v) is 17.0. The summed E-state index contributed by atoms with van der Waals surface area (Å²) in [6.07, 6.45) is 0. The number of aliphatic imine (C=N–C) groups is 1. The smallest absolute Gasteiger partial charge is 0.191 e. The Hall–Kier alpha value is -1.79. The molecular weight excluding hydrogens is 326 g/mol. The van der Waals surface area contributed by atoms with E-state index >= 15 is 0 Å². The number of benzene rings is 1. The predicted octanol–water partition coefficient (Wildman–Crippen LogP) is 1.92. The molecular formula is C20H35N5O. The molecule has 1 saturated heterocycles. The summed E-state index contributed by atoms with van der Waals surface area (Å²) in [5, 5.41) is 6.86. The zero-order chi connectivity index (χ0) is 19.0. The third kappa shape index (κ3) is 6.18. The number of anilines is 1. The molecule has 0 radical (unpaired) electrons. The van der Waals surface area contributed by atoms with Crippen molar-refractivity contribution in [2.75, 3.05) is 58.4 Å². The van der Waals surface area contributed by atoms with Crippen molar-refractivity contribution in [2.45, 2.75) is 32.9 Å². The molecule has 146 valence electrons. The lowest BCUT2D eigenvalue weighted by Gasteiger charge is -2.41. The van der Waals surface area contributed by atoms with Crippen molar-refractivity contribution in [3.63, 3.8) is 0 Å². The summed E-state index contributed by atoms with van der Waals surface area (Å²) < 4.78 is 5.47. The van der Waals surface area contributed by atoms with Crippen molar-refractivity contribution in [1.82, 2.24) is 15.5 Å². The fourth-order valence-corrected chi connectivity index (χ4v) is 3.03. The first-order chi connectivity index (χ1) is 12.4. The first-order valence-electron chi connectivity index (χ1n) is 9.53. The fourth-order valence-electron chi connectivity index (χ4n) is 3.03. The van der Waals surface area contributed by atoms with Gasteiger partial charge in [0, 0.05) is 51.5 Å². The largest absolute Gasteiger partial charge is 0.379 e. The van der Waals surface area contributed by atoms with Crippen molar-refractivity contribution < 1.29 is 4.74 Å². The highest BCUT2D eigenvalue weighted by molar-refractivity contribution is 5.79. The van der Waals surface area contributed by atoms with Crippen molar-refractivity contribution in [1.29, 1.82) is 0 Å². The zero-order valence-electron chi connectivity index (χ0n) is 17.0. The number of nitrogens with one attached hydrogen (secondary N) is 2. The minimum absolute atomic E-state index is 0.0603. The first kappa shape index (κ1) is 20.5. The van der Waals surface area contributed by atoms with Crippen molar-refractivity contribution in [3.05, 3.63) is 29.8 Å². The van der Waals surface area contributed by atoms with E-state index in [0.717, 1.165) is 45.4 Å². The number of morpholine rings is 1. The van der Waals surface area contributed by atoms with Crippen LogP contribution in [-0.4, -0.2) is 69.9 Å². The normalized spacial score (nSPS) is 16.4. The van der Waals surface area contributed by atoms with Gasteiger partial charge >= 0.3 is 0 Å². The van der Waals surface area contributed by atoms with E-state index < -0.39 is 0 Å². The van der Waals surface area contributed by atoms with Gasteiger partial charge in [-0.25, -0.2) is 4.99 Å². The van der Waals surface area contributed by atoms with Crippen LogP contribution < -0.4 is 15.5 Å². The fraction of sp³-hybridized carbons (Fsp3) is 0.650. The van der Waals surface area contributed by atoms with Crippen molar-refractivity contribution >= 4 is 11.6 Å². The molecule has 0 unspecified atom stereocenters. The molecule has 0 bridgehead atoms. The van der Waals surface area contributed by atoms with Gasteiger partial charge in [-0.3, -0.25) is 4.90 Å². The van der Waals surface area contributed by atoms with Gasteiger partial charge in [0.15, 0.2) is 5.96 Å². The molecule has 2 rings (SSSR count). The summed E-state index contributed by atoms with van der Waals surface area (Å²) in [6, 6.07) is 8.51. The molecule has 26 heavy (non-hydrogen) atoms. The molecule has 0 aliphatic carbocycles. The molecule has 0 amide bonds. The van der Waals surface area contributed by atoms with Crippen LogP contribution in [0.2, 0.25) is 0 Å². The highest BCUT2D eigenvalue weighted by Crippen LogP contribution is 2.16. The first-order valence-corrected chi connectivity index (χ1v) is 9.53. The van der Waals surface area contributed by atoms with Crippen LogP contribution in [0.1, 0.15) is 26.3 Å². The maximum atomic E-state index is 5.47. The molecule has 1 aliphatic heterocycles. The third-order valence-electron chi connectivity index (χ3n) is 4.75. The van der Waals surface area contributed by atoms with E-state index in [0.29, 0.717) is 6.54 Å². The Bertz CT molecular complexity index is 579. The summed E-state index contributed by atoms with van der Waals surface area (Å²) in [7, 11) is 4.11. The second kappa shape index (κ2) is 9.78. The molecule has 2 N–H and O–H groups in total. The maximum Gasteiger partial charge on any atom is 0.191 e. The molecule has 0 spiro atoms. The molecule has 1 fully saturated rings. The standard InChI is InChI=1S/C20H35N5O/c1-6-21-19(22-15-17-8-7-9-18(14-17)24(4)5)23-16-20(2,3)25-10-12-26-13-11-25/h7-9,14H,6,10-13,15-16H2,1-5H3,(H2,21,22,23). The van der Waals surface area contributed by atoms with Gasteiger partial charge in [-0.1, -0.05) is 12.1 Å². The number of nitrogens with zero attached hydrogens (tertiary/aromatic N) is 3. The van der Waals surface area contributed by atoms with Crippen LogP contribution in [0.15, 0.2) is 29.3 Å². The Kier molecular flexibility index (Phi) is 7.72. The summed E-state index contributed by atoms with van der Waals surface area (Å²) in [4.78, 5) is 9.36. The summed E-state index contributed by atoms with van der Waals surface area (Å²) in [6.45, 7) is 12.6. The van der Waals surface area contributed by atoms with Crippen LogP contribution in [0, 0.1) is 0 Å². The Morgan fingerprint density at radius 3 is 2.62 bits per heavy atom. The predicted molar refractivity (Wildman–Crippen MR) is 110 cm³/mol. The second-order valence-corrected chi connectivity index (χ2v) is 7.52. The molecule has 0 atom stereocenters. The van der Waals surface area contributed by atoms with Gasteiger partial charge in [0.1, 0.15) is 0 Å². The lowest BCUT2D eigenvalue weighted by Crippen LogP contribution is -2.56. The number of guanidine groups is 1. The van der Waals surface area contributed by atoms with E-state index in [-0.39, 0.29) is 5.54 Å². The summed E-state index contributed by atoms with van der Waals surface area (Å²) >= 11 is 0. The number of ether oxygens (including phenoxy) is 1. The lowest BCUT2D eigenvalue weighted by molar-refractivity contribution is -0.00834. The highest BCUT2D eigenvalue weighted by atomic mass is 16.5. The van der Waals surface area contributed by atoms with Crippen LogP contribution in [0.25, 0.3) is 0 Å². The maximum absolute atomic E-state index is 5.47. The van der Waals surface area contributed by atoms with Crippen LogP contribution in [0.3, 0.4) is 0 Å². The van der Waals surface area contributed by atoms with Gasteiger partial charge < -0.3 is 20.3 Å². The Balaban J connectivity index is 1.96. The molecule has 0 aromatic heterocycles. The Morgan fingerprint density at radius 2 is 1.96 bits per heavy atom. The average molecular weight is 362 g/mol. The molecule has 1 aliphatic rings. The van der Waals surface area contributed by atoms with E-state index in [1.54, 1.807) is 0 Å². The van der Waals surface area contributed by atoms with Crippen LogP contribution in [0.4, 0.5) is 5.69 Å². The van der Waals surface area contributed by atoms with E-state index in [4.69, 9.17) is 9.73 Å². The molecule has 6 nitrogen and oxygen atoms in total. The van der Waals surface area contributed by atoms with Gasteiger partial charge in [0.2, 0.25) is 0 Å². The number of hydrogen-bond acceptors (Lipinski definition) is 4. The average Bonchev–Trinajstić information content (AvgIpc) is 2.65. The SMILES string of the molecule is CCNC(=NCc1cccc(N(C)C)c1)NCC(C)(C)N1CCOCC1.